The summed E-state index contributed by atoms with van der Waals surface area (Å²) in [6, 6.07) is 11.7. The Labute approximate surface area is 127 Å². The van der Waals surface area contributed by atoms with E-state index in [4.69, 9.17) is 5.10 Å². The van der Waals surface area contributed by atoms with E-state index in [9.17, 15) is 0 Å². The molecule has 1 aromatic carbocycles. The van der Waals surface area contributed by atoms with E-state index in [-0.39, 0.29) is 0 Å². The fraction of sp³-hybridized carbons (Fsp3) is 0.500. The molecule has 0 bridgehead atoms. The van der Waals surface area contributed by atoms with Gasteiger partial charge in [-0.05, 0) is 43.9 Å². The minimum atomic E-state index is 0.350. The van der Waals surface area contributed by atoms with Crippen LogP contribution in [0, 0.1) is 6.92 Å². The highest BCUT2D eigenvalue weighted by atomic mass is 15.3. The predicted octanol–water partition coefficient (Wildman–Crippen LogP) is 4.16. The number of nitrogens with one attached hydrogen (secondary N) is 1. The monoisotopic (exact) mass is 283 g/mol. The molecule has 3 heteroatoms. The van der Waals surface area contributed by atoms with Crippen molar-refractivity contribution in [2.24, 2.45) is 0 Å². The second kappa shape index (κ2) is 6.44. The van der Waals surface area contributed by atoms with Gasteiger partial charge in [0.1, 0.15) is 0 Å². The van der Waals surface area contributed by atoms with Crippen molar-refractivity contribution in [3.05, 3.63) is 53.3 Å². The van der Waals surface area contributed by atoms with Crippen molar-refractivity contribution in [3.8, 4) is 0 Å². The molecule has 3 nitrogen and oxygen atoms in total. The molecule has 1 fully saturated rings. The Morgan fingerprint density at radius 3 is 2.76 bits per heavy atom. The van der Waals surface area contributed by atoms with Gasteiger partial charge in [0.05, 0.1) is 11.7 Å². The van der Waals surface area contributed by atoms with Crippen LogP contribution in [0.25, 0.3) is 0 Å². The van der Waals surface area contributed by atoms with Crippen LogP contribution in [0.1, 0.15) is 61.5 Å². The average Bonchev–Trinajstić information content (AvgIpc) is 3.16. The van der Waals surface area contributed by atoms with E-state index in [2.05, 4.69) is 60.4 Å². The second-order valence-electron chi connectivity index (χ2n) is 6.18. The number of hydrogen-bond donors (Lipinski definition) is 1. The van der Waals surface area contributed by atoms with Gasteiger partial charge in [-0.15, -0.1) is 0 Å². The van der Waals surface area contributed by atoms with E-state index in [1.165, 1.54) is 36.8 Å². The van der Waals surface area contributed by atoms with Gasteiger partial charge >= 0.3 is 0 Å². The summed E-state index contributed by atoms with van der Waals surface area (Å²) >= 11 is 0. The minimum absolute atomic E-state index is 0.350. The summed E-state index contributed by atoms with van der Waals surface area (Å²) in [6.07, 6.45) is 7.42. The normalized spacial score (nSPS) is 17.2. The van der Waals surface area contributed by atoms with Gasteiger partial charge in [-0.1, -0.05) is 37.1 Å². The molecule has 1 aliphatic rings. The second-order valence-corrected chi connectivity index (χ2v) is 6.18. The first-order valence-corrected chi connectivity index (χ1v) is 8.07. The zero-order valence-electron chi connectivity index (χ0n) is 13.0. The van der Waals surface area contributed by atoms with Gasteiger partial charge in [0.15, 0.2) is 0 Å². The predicted molar refractivity (Wildman–Crippen MR) is 86.2 cm³/mol. The molecule has 21 heavy (non-hydrogen) atoms. The molecular formula is C18H25N3. The summed E-state index contributed by atoms with van der Waals surface area (Å²) in [5, 5.41) is 8.32. The molecule has 1 saturated carbocycles. The van der Waals surface area contributed by atoms with Gasteiger partial charge in [-0.2, -0.15) is 5.10 Å². The van der Waals surface area contributed by atoms with E-state index >= 15 is 0 Å². The molecule has 1 heterocycles. The van der Waals surface area contributed by atoms with Crippen LogP contribution >= 0.6 is 0 Å². The van der Waals surface area contributed by atoms with Gasteiger partial charge < -0.3 is 5.32 Å². The summed E-state index contributed by atoms with van der Waals surface area (Å²) in [4.78, 5) is 0. The van der Waals surface area contributed by atoms with Crippen molar-refractivity contribution in [2.45, 2.75) is 58.2 Å². The summed E-state index contributed by atoms with van der Waals surface area (Å²) in [6.45, 7) is 5.22. The molecule has 1 aromatic heterocycles. The highest BCUT2D eigenvalue weighted by molar-refractivity contribution is 5.28. The molecule has 0 unspecified atom stereocenters. The van der Waals surface area contributed by atoms with Crippen molar-refractivity contribution < 1.29 is 0 Å². The highest BCUT2D eigenvalue weighted by Gasteiger charge is 2.17. The van der Waals surface area contributed by atoms with Crippen LogP contribution < -0.4 is 5.32 Å². The Kier molecular flexibility index (Phi) is 4.39. The molecule has 1 aliphatic carbocycles. The zero-order valence-corrected chi connectivity index (χ0v) is 13.0. The van der Waals surface area contributed by atoms with Crippen molar-refractivity contribution in [2.75, 3.05) is 0 Å². The van der Waals surface area contributed by atoms with Crippen molar-refractivity contribution in [3.63, 3.8) is 0 Å². The third kappa shape index (κ3) is 3.35. The molecule has 1 atom stereocenters. The van der Waals surface area contributed by atoms with Crippen molar-refractivity contribution in [1.82, 2.24) is 15.1 Å². The number of rotatable bonds is 5. The number of benzene rings is 1. The lowest BCUT2D eigenvalue weighted by Crippen LogP contribution is -2.19. The minimum Gasteiger partial charge on any atom is -0.304 e. The molecule has 3 rings (SSSR count). The molecule has 0 saturated heterocycles. The smallest absolute Gasteiger partial charge is 0.0762 e. The molecule has 1 N–H and O–H groups in total. The number of aromatic nitrogens is 2. The van der Waals surface area contributed by atoms with Crippen LogP contribution in [0.3, 0.4) is 0 Å². The van der Waals surface area contributed by atoms with Crippen LogP contribution in [0.15, 0.2) is 36.5 Å². The number of aryl methyl sites for hydroxylation is 1. The van der Waals surface area contributed by atoms with Crippen LogP contribution in [0.4, 0.5) is 0 Å². The Hall–Kier alpha value is -1.61. The third-order valence-corrected chi connectivity index (χ3v) is 4.61. The average molecular weight is 283 g/mol. The molecular weight excluding hydrogens is 258 g/mol. The van der Waals surface area contributed by atoms with Crippen LogP contribution in [-0.2, 0) is 6.54 Å². The lowest BCUT2D eigenvalue weighted by atomic mass is 10.0. The topological polar surface area (TPSA) is 29.9 Å². The van der Waals surface area contributed by atoms with Crippen LogP contribution in [0.2, 0.25) is 0 Å². The van der Waals surface area contributed by atoms with E-state index in [1.807, 2.05) is 0 Å². The number of nitrogens with zero attached hydrogens (tertiary/aromatic N) is 2. The lowest BCUT2D eigenvalue weighted by molar-refractivity contribution is 0.458. The summed E-state index contributed by atoms with van der Waals surface area (Å²) < 4.78 is 2.17. The Bertz CT molecular complexity index is 582. The van der Waals surface area contributed by atoms with Crippen LogP contribution in [0.5, 0.6) is 0 Å². The van der Waals surface area contributed by atoms with Gasteiger partial charge in [-0.25, -0.2) is 0 Å². The van der Waals surface area contributed by atoms with Crippen LogP contribution in [-0.4, -0.2) is 9.78 Å². The van der Waals surface area contributed by atoms with E-state index < -0.39 is 0 Å². The van der Waals surface area contributed by atoms with Crippen molar-refractivity contribution >= 4 is 0 Å². The van der Waals surface area contributed by atoms with E-state index in [1.54, 1.807) is 0 Å². The standard InChI is InChI=1S/C18H25N3/c1-14-7-3-6-10-18(14)15(2)19-13-16-11-12-21(20-16)17-8-4-5-9-17/h3,6-7,10-12,15,17,19H,4-5,8-9,13H2,1-2H3/t15-/m0/s1. The fourth-order valence-corrected chi connectivity index (χ4v) is 3.28. The fourth-order valence-electron chi connectivity index (χ4n) is 3.28. The first kappa shape index (κ1) is 14.3. The molecule has 0 spiro atoms. The van der Waals surface area contributed by atoms with Crippen molar-refractivity contribution in [1.29, 1.82) is 0 Å². The van der Waals surface area contributed by atoms with Gasteiger partial charge in [0.2, 0.25) is 0 Å². The Balaban J connectivity index is 1.59. The number of hydrogen-bond acceptors (Lipinski definition) is 2. The quantitative estimate of drug-likeness (QED) is 0.893. The molecule has 2 aromatic rings. The maximum Gasteiger partial charge on any atom is 0.0762 e. The zero-order chi connectivity index (χ0) is 14.7. The van der Waals surface area contributed by atoms with Gasteiger partial charge in [0, 0.05) is 18.8 Å². The molecule has 0 radical (unpaired) electrons. The summed E-state index contributed by atoms with van der Waals surface area (Å²) in [5.41, 5.74) is 3.85. The largest absolute Gasteiger partial charge is 0.304 e. The van der Waals surface area contributed by atoms with Gasteiger partial charge in [0.25, 0.3) is 0 Å². The van der Waals surface area contributed by atoms with Gasteiger partial charge in [-0.3, -0.25) is 4.68 Å². The van der Waals surface area contributed by atoms with E-state index in [0.29, 0.717) is 12.1 Å². The SMILES string of the molecule is Cc1ccccc1[C@H](C)NCc1ccn(C2CCCC2)n1. The molecule has 0 amide bonds. The Morgan fingerprint density at radius 2 is 2.00 bits per heavy atom. The third-order valence-electron chi connectivity index (χ3n) is 4.61. The maximum absolute atomic E-state index is 4.73. The summed E-state index contributed by atoms with van der Waals surface area (Å²) in [7, 11) is 0. The lowest BCUT2D eigenvalue weighted by Gasteiger charge is -2.16. The Morgan fingerprint density at radius 1 is 1.24 bits per heavy atom. The van der Waals surface area contributed by atoms with E-state index in [0.717, 1.165) is 12.2 Å². The first-order chi connectivity index (χ1) is 10.2. The molecule has 112 valence electrons. The first-order valence-electron chi connectivity index (χ1n) is 8.07. The summed E-state index contributed by atoms with van der Waals surface area (Å²) in [5.74, 6) is 0. The molecule has 0 aliphatic heterocycles. The highest BCUT2D eigenvalue weighted by Crippen LogP contribution is 2.28. The maximum atomic E-state index is 4.73.